The first-order chi connectivity index (χ1) is 13.9. The van der Waals surface area contributed by atoms with Crippen LogP contribution in [0.25, 0.3) is 0 Å². The predicted octanol–water partition coefficient (Wildman–Crippen LogP) is 2.04. The van der Waals surface area contributed by atoms with Gasteiger partial charge in [-0.15, -0.1) is 0 Å². The summed E-state index contributed by atoms with van der Waals surface area (Å²) in [6.07, 6.45) is 7.88. The zero-order valence-electron chi connectivity index (χ0n) is 17.5. The lowest BCUT2D eigenvalue weighted by molar-refractivity contribution is -0.133. The molecule has 2 aliphatic rings. The van der Waals surface area contributed by atoms with Crippen LogP contribution in [0.5, 0.6) is 0 Å². The van der Waals surface area contributed by atoms with Gasteiger partial charge in [0.05, 0.1) is 6.26 Å². The summed E-state index contributed by atoms with van der Waals surface area (Å²) in [5.41, 5.74) is 8.11. The molecular formula is C21H34N4O3S. The largest absolute Gasteiger partial charge is 0.344 e. The summed E-state index contributed by atoms with van der Waals surface area (Å²) < 4.78 is 25.1. The minimum absolute atomic E-state index is 0.0692. The molecule has 3 unspecified atom stereocenters. The standard InChI is InChI=1S/C21H34N4O3S/c1-24(21(26)20-13-9-15-25(20)29(2,27)28)14-8-4-7-12-18-16-19(23-22-18)17-10-5-3-6-11-17/h3,5-6,10-11,18-20,22-23H,4,7-9,12-16H2,1-2H3. The molecular weight excluding hydrogens is 388 g/mol. The van der Waals surface area contributed by atoms with Crippen molar-refractivity contribution >= 4 is 15.9 Å². The summed E-state index contributed by atoms with van der Waals surface area (Å²) >= 11 is 0. The second-order valence-electron chi connectivity index (χ2n) is 8.33. The highest BCUT2D eigenvalue weighted by Gasteiger charge is 2.37. The summed E-state index contributed by atoms with van der Waals surface area (Å²) in [4.78, 5) is 14.4. The highest BCUT2D eigenvalue weighted by Crippen LogP contribution is 2.25. The van der Waals surface area contributed by atoms with Crippen molar-refractivity contribution in [1.29, 1.82) is 0 Å². The van der Waals surface area contributed by atoms with Gasteiger partial charge < -0.3 is 4.90 Å². The first-order valence-electron chi connectivity index (χ1n) is 10.6. The lowest BCUT2D eigenvalue weighted by atomic mass is 9.99. The molecule has 0 spiro atoms. The monoisotopic (exact) mass is 422 g/mol. The SMILES string of the molecule is CN(CCCCCC1CC(c2ccccc2)NN1)C(=O)C1CCCN1S(C)(=O)=O. The number of likely N-dealkylation sites (N-methyl/N-ethyl adjacent to an activating group) is 1. The Kier molecular flexibility index (Phi) is 7.67. The zero-order valence-corrected chi connectivity index (χ0v) is 18.3. The Balaban J connectivity index is 1.33. The minimum Gasteiger partial charge on any atom is -0.344 e. The van der Waals surface area contributed by atoms with E-state index in [0.29, 0.717) is 31.6 Å². The van der Waals surface area contributed by atoms with Crippen LogP contribution >= 0.6 is 0 Å². The van der Waals surface area contributed by atoms with Crippen molar-refractivity contribution < 1.29 is 13.2 Å². The molecule has 29 heavy (non-hydrogen) atoms. The van der Waals surface area contributed by atoms with Crippen LogP contribution in [0, 0.1) is 0 Å². The van der Waals surface area contributed by atoms with E-state index in [9.17, 15) is 13.2 Å². The van der Waals surface area contributed by atoms with Gasteiger partial charge >= 0.3 is 0 Å². The lowest BCUT2D eigenvalue weighted by Crippen LogP contribution is -2.46. The summed E-state index contributed by atoms with van der Waals surface area (Å²) in [6.45, 7) is 1.13. The maximum Gasteiger partial charge on any atom is 0.240 e. The van der Waals surface area contributed by atoms with Crippen LogP contribution in [0.15, 0.2) is 30.3 Å². The third-order valence-electron chi connectivity index (χ3n) is 6.02. The number of unbranched alkanes of at least 4 members (excludes halogenated alkanes) is 2. The van der Waals surface area contributed by atoms with Crippen molar-refractivity contribution in [3.63, 3.8) is 0 Å². The molecule has 1 aromatic carbocycles. The maximum atomic E-state index is 12.6. The molecule has 0 aromatic heterocycles. The smallest absolute Gasteiger partial charge is 0.240 e. The van der Waals surface area contributed by atoms with Crippen molar-refractivity contribution in [3.05, 3.63) is 35.9 Å². The molecule has 3 atom stereocenters. The molecule has 3 rings (SSSR count). The highest BCUT2D eigenvalue weighted by atomic mass is 32.2. The van der Waals surface area contributed by atoms with E-state index in [1.807, 2.05) is 6.07 Å². The lowest BCUT2D eigenvalue weighted by Gasteiger charge is -2.26. The number of hydrazine groups is 1. The molecule has 0 bridgehead atoms. The maximum absolute atomic E-state index is 12.6. The Bertz CT molecular complexity index is 771. The molecule has 162 valence electrons. The second-order valence-corrected chi connectivity index (χ2v) is 10.3. The number of amides is 1. The van der Waals surface area contributed by atoms with Gasteiger partial charge in [0.2, 0.25) is 15.9 Å². The Morgan fingerprint density at radius 3 is 2.66 bits per heavy atom. The molecule has 1 amide bonds. The number of carbonyl (C=O) groups excluding carboxylic acids is 1. The van der Waals surface area contributed by atoms with E-state index in [4.69, 9.17) is 0 Å². The molecule has 1 aromatic rings. The highest BCUT2D eigenvalue weighted by molar-refractivity contribution is 7.88. The number of hydrogen-bond donors (Lipinski definition) is 2. The van der Waals surface area contributed by atoms with Crippen LogP contribution < -0.4 is 10.9 Å². The van der Waals surface area contributed by atoms with Crippen LogP contribution in [0.2, 0.25) is 0 Å². The molecule has 2 saturated heterocycles. The fourth-order valence-electron chi connectivity index (χ4n) is 4.38. The van der Waals surface area contributed by atoms with Gasteiger partial charge in [-0.1, -0.05) is 43.2 Å². The minimum atomic E-state index is -3.32. The van der Waals surface area contributed by atoms with Gasteiger partial charge in [0.1, 0.15) is 6.04 Å². The van der Waals surface area contributed by atoms with Crippen molar-refractivity contribution in [2.24, 2.45) is 0 Å². The molecule has 8 heteroatoms. The van der Waals surface area contributed by atoms with E-state index >= 15 is 0 Å². The van der Waals surface area contributed by atoms with Crippen molar-refractivity contribution in [1.82, 2.24) is 20.1 Å². The normalized spacial score (nSPS) is 25.4. The summed E-state index contributed by atoms with van der Waals surface area (Å²) in [5.74, 6) is -0.0692. The van der Waals surface area contributed by atoms with Crippen LogP contribution in [-0.2, 0) is 14.8 Å². The average Bonchev–Trinajstić information content (AvgIpc) is 3.37. The Morgan fingerprint density at radius 1 is 1.17 bits per heavy atom. The summed E-state index contributed by atoms with van der Waals surface area (Å²) in [6, 6.07) is 10.8. The van der Waals surface area contributed by atoms with Crippen LogP contribution in [0.4, 0.5) is 0 Å². The van der Waals surface area contributed by atoms with Gasteiger partial charge in [-0.25, -0.2) is 8.42 Å². The Hall–Kier alpha value is -1.48. The molecule has 2 heterocycles. The van der Waals surface area contributed by atoms with E-state index in [1.165, 1.54) is 16.1 Å². The fraction of sp³-hybridized carbons (Fsp3) is 0.667. The van der Waals surface area contributed by atoms with E-state index in [0.717, 1.165) is 38.5 Å². The van der Waals surface area contributed by atoms with Crippen molar-refractivity contribution in [2.75, 3.05) is 26.4 Å². The molecule has 0 saturated carbocycles. The number of nitrogens with one attached hydrogen (secondary N) is 2. The van der Waals surface area contributed by atoms with E-state index in [1.54, 1.807) is 11.9 Å². The van der Waals surface area contributed by atoms with Gasteiger partial charge in [-0.2, -0.15) is 4.31 Å². The summed E-state index contributed by atoms with van der Waals surface area (Å²) in [5, 5.41) is 0. The van der Waals surface area contributed by atoms with Gasteiger partial charge in [0, 0.05) is 32.2 Å². The average molecular weight is 423 g/mol. The van der Waals surface area contributed by atoms with Crippen molar-refractivity contribution in [3.8, 4) is 0 Å². The van der Waals surface area contributed by atoms with E-state index < -0.39 is 16.1 Å². The third-order valence-corrected chi connectivity index (χ3v) is 7.31. The fourth-order valence-corrected chi connectivity index (χ4v) is 5.50. The van der Waals surface area contributed by atoms with Crippen LogP contribution in [0.1, 0.15) is 56.6 Å². The molecule has 7 nitrogen and oxygen atoms in total. The van der Waals surface area contributed by atoms with Gasteiger partial charge in [0.25, 0.3) is 0 Å². The number of carbonyl (C=O) groups is 1. The first kappa shape index (κ1) is 22.2. The molecule has 0 radical (unpaired) electrons. The van der Waals surface area contributed by atoms with Gasteiger partial charge in [-0.3, -0.25) is 15.6 Å². The molecule has 0 aliphatic carbocycles. The second kappa shape index (κ2) is 10.0. The van der Waals surface area contributed by atoms with E-state index in [2.05, 4.69) is 35.1 Å². The number of rotatable bonds is 9. The van der Waals surface area contributed by atoms with Crippen LogP contribution in [0.3, 0.4) is 0 Å². The molecule has 2 N–H and O–H groups in total. The third kappa shape index (κ3) is 6.01. The Labute approximate surface area is 174 Å². The van der Waals surface area contributed by atoms with E-state index in [-0.39, 0.29) is 5.91 Å². The number of benzene rings is 1. The van der Waals surface area contributed by atoms with Gasteiger partial charge in [-0.05, 0) is 37.7 Å². The zero-order chi connectivity index (χ0) is 20.9. The topological polar surface area (TPSA) is 81.8 Å². The summed E-state index contributed by atoms with van der Waals surface area (Å²) in [7, 11) is -1.53. The number of nitrogens with zero attached hydrogens (tertiary/aromatic N) is 2. The molecule has 2 aliphatic heterocycles. The predicted molar refractivity (Wildman–Crippen MR) is 115 cm³/mol. The molecule has 2 fully saturated rings. The first-order valence-corrected chi connectivity index (χ1v) is 12.5. The van der Waals surface area contributed by atoms with Gasteiger partial charge in [0.15, 0.2) is 0 Å². The quantitative estimate of drug-likeness (QED) is 0.595. The number of sulfonamides is 1. The van der Waals surface area contributed by atoms with Crippen LogP contribution in [-0.4, -0.2) is 62.0 Å². The Morgan fingerprint density at radius 2 is 1.93 bits per heavy atom. The number of hydrogen-bond acceptors (Lipinski definition) is 5. The van der Waals surface area contributed by atoms with Crippen molar-refractivity contribution in [2.45, 2.75) is 63.1 Å².